The van der Waals surface area contributed by atoms with E-state index in [1.54, 1.807) is 4.68 Å². The number of benzene rings is 1. The van der Waals surface area contributed by atoms with Crippen LogP contribution < -0.4 is 10.1 Å². The molecule has 6 nitrogen and oxygen atoms in total. The summed E-state index contributed by atoms with van der Waals surface area (Å²) in [4.78, 5) is 15.4. The zero-order valence-electron chi connectivity index (χ0n) is 18.8. The summed E-state index contributed by atoms with van der Waals surface area (Å²) in [6.45, 7) is 6.98. The molecule has 2 aliphatic rings. The summed E-state index contributed by atoms with van der Waals surface area (Å²) in [6, 6.07) is 9.73. The summed E-state index contributed by atoms with van der Waals surface area (Å²) < 4.78 is 7.65. The van der Waals surface area contributed by atoms with Crippen molar-refractivity contribution in [3.63, 3.8) is 0 Å². The third kappa shape index (κ3) is 6.10. The predicted octanol–water partition coefficient (Wildman–Crippen LogP) is 4.36. The van der Waals surface area contributed by atoms with Crippen molar-refractivity contribution in [2.45, 2.75) is 58.3 Å². The quantitative estimate of drug-likeness (QED) is 0.608. The highest BCUT2D eigenvalue weighted by Crippen LogP contribution is 2.23. The maximum absolute atomic E-state index is 12.8. The molecule has 0 unspecified atom stereocenters. The Morgan fingerprint density at radius 3 is 2.58 bits per heavy atom. The molecule has 1 amide bonds. The Morgan fingerprint density at radius 1 is 1.10 bits per heavy atom. The van der Waals surface area contributed by atoms with Crippen LogP contribution in [0.1, 0.15) is 67.5 Å². The topological polar surface area (TPSA) is 59.4 Å². The maximum atomic E-state index is 12.8. The van der Waals surface area contributed by atoms with Crippen LogP contribution in [0.5, 0.6) is 5.75 Å². The van der Waals surface area contributed by atoms with Crippen molar-refractivity contribution in [1.29, 1.82) is 0 Å². The number of nitrogens with zero attached hydrogens (tertiary/aromatic N) is 3. The second-order valence-electron chi connectivity index (χ2n) is 9.04. The second-order valence-corrected chi connectivity index (χ2v) is 9.04. The summed E-state index contributed by atoms with van der Waals surface area (Å²) in [7, 11) is 0. The molecule has 0 bridgehead atoms. The average molecular weight is 425 g/mol. The van der Waals surface area contributed by atoms with Crippen LogP contribution in [-0.2, 0) is 0 Å². The van der Waals surface area contributed by atoms with Crippen molar-refractivity contribution in [1.82, 2.24) is 20.0 Å². The van der Waals surface area contributed by atoms with Crippen LogP contribution in [0.15, 0.2) is 30.3 Å². The van der Waals surface area contributed by atoms with Gasteiger partial charge >= 0.3 is 0 Å². The molecule has 1 aromatic heterocycles. The molecule has 4 rings (SSSR count). The molecule has 2 aromatic rings. The molecule has 6 heteroatoms. The van der Waals surface area contributed by atoms with Crippen molar-refractivity contribution in [3.05, 3.63) is 41.7 Å². The van der Waals surface area contributed by atoms with Gasteiger partial charge in [-0.05, 0) is 88.4 Å². The number of hydrogen-bond acceptors (Lipinski definition) is 4. The number of likely N-dealkylation sites (tertiary alicyclic amines) is 1. The lowest BCUT2D eigenvalue weighted by Crippen LogP contribution is -2.31. The largest absolute Gasteiger partial charge is 0.494 e. The van der Waals surface area contributed by atoms with E-state index < -0.39 is 0 Å². The van der Waals surface area contributed by atoms with Crippen molar-refractivity contribution < 1.29 is 9.53 Å². The summed E-state index contributed by atoms with van der Waals surface area (Å²) >= 11 is 0. The Bertz CT molecular complexity index is 834. The number of carbonyl (C=O) groups is 1. The molecule has 1 saturated heterocycles. The van der Waals surface area contributed by atoms with E-state index in [1.165, 1.54) is 58.0 Å². The van der Waals surface area contributed by atoms with Gasteiger partial charge in [-0.2, -0.15) is 5.10 Å². The van der Waals surface area contributed by atoms with Crippen LogP contribution in [0.3, 0.4) is 0 Å². The minimum Gasteiger partial charge on any atom is -0.494 e. The minimum absolute atomic E-state index is 0.0478. The van der Waals surface area contributed by atoms with Crippen LogP contribution in [-0.4, -0.2) is 53.4 Å². The van der Waals surface area contributed by atoms with Gasteiger partial charge in [0.2, 0.25) is 0 Å². The molecule has 1 aliphatic carbocycles. The molecule has 0 atom stereocenters. The molecule has 1 aromatic carbocycles. The van der Waals surface area contributed by atoms with Gasteiger partial charge in [0, 0.05) is 13.1 Å². The van der Waals surface area contributed by atoms with Gasteiger partial charge in [-0.15, -0.1) is 0 Å². The van der Waals surface area contributed by atoms with E-state index in [9.17, 15) is 4.79 Å². The molecule has 2 heterocycles. The Balaban J connectivity index is 1.31. The lowest BCUT2D eigenvalue weighted by Gasteiger charge is -2.21. The first-order chi connectivity index (χ1) is 15.2. The Hall–Kier alpha value is -2.34. The van der Waals surface area contributed by atoms with Crippen molar-refractivity contribution in [2.24, 2.45) is 5.92 Å². The number of rotatable bonds is 9. The molecular weight excluding hydrogens is 388 g/mol. The summed E-state index contributed by atoms with van der Waals surface area (Å²) in [5.41, 5.74) is 2.30. The third-order valence-electron chi connectivity index (χ3n) is 6.51. The lowest BCUT2D eigenvalue weighted by atomic mass is 9.89. The van der Waals surface area contributed by atoms with Crippen LogP contribution in [0.4, 0.5) is 0 Å². The van der Waals surface area contributed by atoms with Gasteiger partial charge in [0.05, 0.1) is 18.0 Å². The normalized spacial score (nSPS) is 17.7. The Kier molecular flexibility index (Phi) is 7.62. The second kappa shape index (κ2) is 10.8. The Labute approximate surface area is 186 Å². The molecular formula is C25H36N4O2. The minimum atomic E-state index is -0.0478. The molecule has 1 saturated carbocycles. The predicted molar refractivity (Wildman–Crippen MR) is 123 cm³/mol. The number of carbonyl (C=O) groups excluding carboxylic acids is 1. The van der Waals surface area contributed by atoms with E-state index >= 15 is 0 Å². The van der Waals surface area contributed by atoms with Crippen molar-refractivity contribution in [3.8, 4) is 11.4 Å². The zero-order chi connectivity index (χ0) is 21.5. The zero-order valence-corrected chi connectivity index (χ0v) is 18.8. The highest BCUT2D eigenvalue weighted by atomic mass is 16.5. The van der Waals surface area contributed by atoms with E-state index in [1.807, 2.05) is 37.3 Å². The number of hydrogen-bond donors (Lipinski definition) is 1. The van der Waals surface area contributed by atoms with Crippen LogP contribution >= 0.6 is 0 Å². The molecule has 0 spiro atoms. The highest BCUT2D eigenvalue weighted by molar-refractivity contribution is 5.93. The Morgan fingerprint density at radius 2 is 1.84 bits per heavy atom. The number of nitrogens with one attached hydrogen (secondary N) is 1. The first-order valence-corrected chi connectivity index (χ1v) is 12.0. The van der Waals surface area contributed by atoms with Crippen LogP contribution in [0.2, 0.25) is 0 Å². The number of amides is 1. The fraction of sp³-hybridized carbons (Fsp3) is 0.600. The van der Waals surface area contributed by atoms with Gasteiger partial charge in [-0.1, -0.05) is 19.3 Å². The van der Waals surface area contributed by atoms with Gasteiger partial charge in [0.1, 0.15) is 11.4 Å². The number of ether oxygens (including phenoxy) is 1. The van der Waals surface area contributed by atoms with E-state index in [0.29, 0.717) is 11.6 Å². The van der Waals surface area contributed by atoms with Gasteiger partial charge < -0.3 is 15.0 Å². The molecule has 1 N–H and O–H groups in total. The SMILES string of the molecule is Cc1cc(C(=O)NCC2CCCCC2)n(-c2ccc(OCCCN3CCCC3)cc2)n1. The van der Waals surface area contributed by atoms with Crippen molar-refractivity contribution >= 4 is 5.91 Å². The van der Waals surface area contributed by atoms with Gasteiger partial charge in [0.25, 0.3) is 5.91 Å². The van der Waals surface area contributed by atoms with Gasteiger partial charge in [0.15, 0.2) is 0 Å². The van der Waals surface area contributed by atoms with E-state index in [4.69, 9.17) is 4.74 Å². The maximum Gasteiger partial charge on any atom is 0.270 e. The lowest BCUT2D eigenvalue weighted by molar-refractivity contribution is 0.0935. The molecule has 0 radical (unpaired) electrons. The molecule has 2 fully saturated rings. The monoisotopic (exact) mass is 424 g/mol. The van der Waals surface area contributed by atoms with Crippen LogP contribution in [0, 0.1) is 12.8 Å². The molecule has 1 aliphatic heterocycles. The van der Waals surface area contributed by atoms with Gasteiger partial charge in [-0.3, -0.25) is 4.79 Å². The fourth-order valence-corrected chi connectivity index (χ4v) is 4.74. The standard InChI is InChI=1S/C25H36N4O2/c1-20-18-24(25(30)26-19-21-8-3-2-4-9-21)29(27-20)22-10-12-23(13-11-22)31-17-7-16-28-14-5-6-15-28/h10-13,18,21H,2-9,14-17,19H2,1H3,(H,26,30). The van der Waals surface area contributed by atoms with E-state index in [0.717, 1.165) is 43.2 Å². The summed E-state index contributed by atoms with van der Waals surface area (Å²) in [5.74, 6) is 1.42. The first kappa shape index (κ1) is 21.9. The number of aryl methyl sites for hydroxylation is 1. The molecule has 168 valence electrons. The summed E-state index contributed by atoms with van der Waals surface area (Å²) in [6.07, 6.45) is 10.0. The van der Waals surface area contributed by atoms with E-state index in [2.05, 4.69) is 15.3 Å². The summed E-state index contributed by atoms with van der Waals surface area (Å²) in [5, 5.41) is 7.69. The van der Waals surface area contributed by atoms with E-state index in [-0.39, 0.29) is 5.91 Å². The van der Waals surface area contributed by atoms with Crippen molar-refractivity contribution in [2.75, 3.05) is 32.8 Å². The average Bonchev–Trinajstić information content (AvgIpc) is 3.46. The highest BCUT2D eigenvalue weighted by Gasteiger charge is 2.18. The number of aromatic nitrogens is 2. The first-order valence-electron chi connectivity index (χ1n) is 12.0. The van der Waals surface area contributed by atoms with Gasteiger partial charge in [-0.25, -0.2) is 4.68 Å². The molecule has 31 heavy (non-hydrogen) atoms. The fourth-order valence-electron chi connectivity index (χ4n) is 4.74. The van der Waals surface area contributed by atoms with Crippen LogP contribution in [0.25, 0.3) is 5.69 Å². The smallest absolute Gasteiger partial charge is 0.270 e. The third-order valence-corrected chi connectivity index (χ3v) is 6.51.